The molecule has 1 saturated heterocycles. The van der Waals surface area contributed by atoms with Gasteiger partial charge in [0.05, 0.1) is 0 Å². The van der Waals surface area contributed by atoms with E-state index in [1.165, 1.54) is 6.20 Å². The molecule has 0 bridgehead atoms. The molecule has 1 atom stereocenters. The molecule has 1 fully saturated rings. The molecule has 4 nitrogen and oxygen atoms in total. The largest absolute Gasteiger partial charge is 0.405 e. The molecule has 0 aromatic heterocycles. The van der Waals surface area contributed by atoms with Gasteiger partial charge in [-0.25, -0.2) is 0 Å². The lowest BCUT2D eigenvalue weighted by Crippen LogP contribution is -2.34. The third-order valence-electron chi connectivity index (χ3n) is 2.43. The van der Waals surface area contributed by atoms with Crippen LogP contribution in [0.5, 0.6) is 0 Å². The lowest BCUT2D eigenvalue weighted by molar-refractivity contribution is -0.123. The van der Waals surface area contributed by atoms with Crippen LogP contribution < -0.4 is 5.73 Å². The SMILES string of the molecule is CC.CN=C(/C=C\N)C(=O)N1CCC(C)C1. The van der Waals surface area contributed by atoms with Crippen LogP contribution in [0.15, 0.2) is 17.3 Å². The van der Waals surface area contributed by atoms with Crippen molar-refractivity contribution in [1.29, 1.82) is 0 Å². The number of aliphatic imine (C=N–C) groups is 1. The lowest BCUT2D eigenvalue weighted by atomic mass is 10.2. The number of rotatable bonds is 2. The third kappa shape index (κ3) is 4.04. The van der Waals surface area contributed by atoms with Crippen molar-refractivity contribution in [2.45, 2.75) is 27.2 Å². The standard InChI is InChI=1S/C10H17N3O.C2H6/c1-8-4-6-13(7-8)10(14)9(12-2)3-5-11;1-2/h3,5,8H,4,6-7,11H2,1-2H3;1-2H3/b5-3-,12-9?;. The van der Waals surface area contributed by atoms with Crippen molar-refractivity contribution in [2.24, 2.45) is 16.6 Å². The van der Waals surface area contributed by atoms with Gasteiger partial charge in [0, 0.05) is 20.1 Å². The van der Waals surface area contributed by atoms with E-state index in [0.29, 0.717) is 11.6 Å². The molecule has 1 aliphatic rings. The van der Waals surface area contributed by atoms with Crippen LogP contribution in [0.4, 0.5) is 0 Å². The maximum absolute atomic E-state index is 11.8. The average Bonchev–Trinajstić information content (AvgIpc) is 2.74. The van der Waals surface area contributed by atoms with E-state index in [0.717, 1.165) is 19.5 Å². The summed E-state index contributed by atoms with van der Waals surface area (Å²) in [4.78, 5) is 17.5. The Labute approximate surface area is 98.2 Å². The number of carbonyl (C=O) groups is 1. The number of likely N-dealkylation sites (tertiary alicyclic amines) is 1. The number of amides is 1. The van der Waals surface area contributed by atoms with Crippen molar-refractivity contribution in [3.8, 4) is 0 Å². The van der Waals surface area contributed by atoms with E-state index in [2.05, 4.69) is 11.9 Å². The number of hydrogen-bond donors (Lipinski definition) is 1. The van der Waals surface area contributed by atoms with Crippen molar-refractivity contribution >= 4 is 11.6 Å². The molecule has 0 radical (unpaired) electrons. The second kappa shape index (κ2) is 7.91. The Morgan fingerprint density at radius 1 is 1.50 bits per heavy atom. The number of hydrogen-bond acceptors (Lipinski definition) is 3. The fraction of sp³-hybridized carbons (Fsp3) is 0.667. The highest BCUT2D eigenvalue weighted by atomic mass is 16.2. The Bertz CT molecular complexity index is 271. The summed E-state index contributed by atoms with van der Waals surface area (Å²) in [5.74, 6) is 0.581. The van der Waals surface area contributed by atoms with Gasteiger partial charge in [0.2, 0.25) is 0 Å². The first kappa shape index (κ1) is 14.7. The molecular formula is C12H23N3O. The average molecular weight is 225 g/mol. The van der Waals surface area contributed by atoms with Crippen molar-refractivity contribution in [1.82, 2.24) is 4.90 Å². The van der Waals surface area contributed by atoms with Gasteiger partial charge in [-0.2, -0.15) is 0 Å². The molecule has 92 valence electrons. The van der Waals surface area contributed by atoms with Gasteiger partial charge in [0.15, 0.2) is 0 Å². The smallest absolute Gasteiger partial charge is 0.272 e. The fourth-order valence-electron chi connectivity index (χ4n) is 1.61. The highest BCUT2D eigenvalue weighted by Crippen LogP contribution is 2.15. The molecule has 16 heavy (non-hydrogen) atoms. The first-order chi connectivity index (χ1) is 7.69. The quantitative estimate of drug-likeness (QED) is 0.723. The Balaban J connectivity index is 0.00000106. The summed E-state index contributed by atoms with van der Waals surface area (Å²) in [5.41, 5.74) is 5.67. The molecule has 0 aromatic rings. The highest BCUT2D eigenvalue weighted by Gasteiger charge is 2.24. The second-order valence-electron chi connectivity index (χ2n) is 3.61. The molecule has 0 saturated carbocycles. The minimum Gasteiger partial charge on any atom is -0.405 e. The predicted molar refractivity (Wildman–Crippen MR) is 68.4 cm³/mol. The summed E-state index contributed by atoms with van der Waals surface area (Å²) in [5, 5.41) is 0. The van der Waals surface area contributed by atoms with Gasteiger partial charge in [0.1, 0.15) is 5.71 Å². The van der Waals surface area contributed by atoms with Gasteiger partial charge in [-0.05, 0) is 24.6 Å². The Morgan fingerprint density at radius 2 is 2.12 bits per heavy atom. The number of nitrogens with two attached hydrogens (primary N) is 1. The first-order valence-electron chi connectivity index (χ1n) is 5.83. The van der Waals surface area contributed by atoms with E-state index in [1.807, 2.05) is 18.7 Å². The summed E-state index contributed by atoms with van der Waals surface area (Å²) in [7, 11) is 1.60. The van der Waals surface area contributed by atoms with Crippen LogP contribution in [0.2, 0.25) is 0 Å². The van der Waals surface area contributed by atoms with E-state index in [9.17, 15) is 4.79 Å². The monoisotopic (exact) mass is 225 g/mol. The van der Waals surface area contributed by atoms with Crippen molar-refractivity contribution in [3.05, 3.63) is 12.3 Å². The summed E-state index contributed by atoms with van der Waals surface area (Å²) >= 11 is 0. The van der Waals surface area contributed by atoms with Gasteiger partial charge >= 0.3 is 0 Å². The predicted octanol–water partition coefficient (Wildman–Crippen LogP) is 1.42. The zero-order valence-electron chi connectivity index (χ0n) is 10.7. The van der Waals surface area contributed by atoms with Crippen LogP contribution in [0, 0.1) is 5.92 Å². The van der Waals surface area contributed by atoms with E-state index < -0.39 is 0 Å². The maximum Gasteiger partial charge on any atom is 0.272 e. The van der Waals surface area contributed by atoms with E-state index in [1.54, 1.807) is 13.1 Å². The van der Waals surface area contributed by atoms with Crippen LogP contribution in [-0.4, -0.2) is 36.7 Å². The van der Waals surface area contributed by atoms with Gasteiger partial charge in [-0.1, -0.05) is 20.8 Å². The first-order valence-corrected chi connectivity index (χ1v) is 5.83. The van der Waals surface area contributed by atoms with Crippen LogP contribution in [-0.2, 0) is 4.79 Å². The fourth-order valence-corrected chi connectivity index (χ4v) is 1.61. The Kier molecular flexibility index (Phi) is 7.25. The molecular weight excluding hydrogens is 202 g/mol. The molecule has 0 aromatic carbocycles. The molecule has 2 N–H and O–H groups in total. The molecule has 1 heterocycles. The molecule has 1 amide bonds. The third-order valence-corrected chi connectivity index (χ3v) is 2.43. The van der Waals surface area contributed by atoms with Crippen molar-refractivity contribution in [2.75, 3.05) is 20.1 Å². The van der Waals surface area contributed by atoms with Gasteiger partial charge in [0.25, 0.3) is 5.91 Å². The van der Waals surface area contributed by atoms with Crippen LogP contribution in [0.25, 0.3) is 0 Å². The Hall–Kier alpha value is -1.32. The normalized spacial score (nSPS) is 20.9. The van der Waals surface area contributed by atoms with Gasteiger partial charge in [-0.15, -0.1) is 0 Å². The summed E-state index contributed by atoms with van der Waals surface area (Å²) in [6.45, 7) is 7.81. The molecule has 1 unspecified atom stereocenters. The van der Waals surface area contributed by atoms with Crippen molar-refractivity contribution < 1.29 is 4.79 Å². The van der Waals surface area contributed by atoms with Crippen molar-refractivity contribution in [3.63, 3.8) is 0 Å². The molecule has 0 spiro atoms. The molecule has 1 aliphatic heterocycles. The summed E-state index contributed by atoms with van der Waals surface area (Å²) in [6, 6.07) is 0. The topological polar surface area (TPSA) is 58.7 Å². The number of carbonyl (C=O) groups excluding carboxylic acids is 1. The molecule has 1 rings (SSSR count). The molecule has 0 aliphatic carbocycles. The minimum absolute atomic E-state index is 0.0152. The summed E-state index contributed by atoms with van der Waals surface area (Å²) in [6.07, 6.45) is 3.97. The van der Waals surface area contributed by atoms with Gasteiger partial charge in [-0.3, -0.25) is 9.79 Å². The van der Waals surface area contributed by atoms with Crippen LogP contribution in [0.1, 0.15) is 27.2 Å². The lowest BCUT2D eigenvalue weighted by Gasteiger charge is -2.15. The van der Waals surface area contributed by atoms with E-state index in [-0.39, 0.29) is 5.91 Å². The Morgan fingerprint density at radius 3 is 2.50 bits per heavy atom. The van der Waals surface area contributed by atoms with E-state index in [4.69, 9.17) is 5.73 Å². The van der Waals surface area contributed by atoms with Gasteiger partial charge < -0.3 is 10.6 Å². The highest BCUT2D eigenvalue weighted by molar-refractivity contribution is 6.43. The zero-order chi connectivity index (χ0) is 12.6. The minimum atomic E-state index is -0.0152. The van der Waals surface area contributed by atoms with Crippen LogP contribution >= 0.6 is 0 Å². The maximum atomic E-state index is 11.8. The van der Waals surface area contributed by atoms with Crippen LogP contribution in [0.3, 0.4) is 0 Å². The molecule has 4 heteroatoms. The number of nitrogens with zero attached hydrogens (tertiary/aromatic N) is 2. The van der Waals surface area contributed by atoms with E-state index >= 15 is 0 Å². The zero-order valence-corrected chi connectivity index (χ0v) is 10.7. The second-order valence-corrected chi connectivity index (χ2v) is 3.61. The summed E-state index contributed by atoms with van der Waals surface area (Å²) < 4.78 is 0.